The molecule has 0 fully saturated rings. The number of carbonyl (C=O) groups excluding carboxylic acids is 1. The van der Waals surface area contributed by atoms with Gasteiger partial charge in [0.1, 0.15) is 17.7 Å². The van der Waals surface area contributed by atoms with E-state index in [0.29, 0.717) is 11.5 Å². The van der Waals surface area contributed by atoms with E-state index in [0.717, 1.165) is 0 Å². The summed E-state index contributed by atoms with van der Waals surface area (Å²) in [6, 6.07) is 3.40. The number of aromatic nitrogens is 2. The van der Waals surface area contributed by atoms with E-state index in [1.165, 1.54) is 12.1 Å². The number of amides is 1. The van der Waals surface area contributed by atoms with Crippen molar-refractivity contribution < 1.29 is 13.7 Å². The van der Waals surface area contributed by atoms with Gasteiger partial charge in [0.2, 0.25) is 11.8 Å². The lowest BCUT2D eigenvalue weighted by molar-refractivity contribution is -0.119. The monoisotopic (exact) mass is 317 g/mol. The lowest BCUT2D eigenvalue weighted by atomic mass is 10.1. The molecule has 2 rings (SSSR count). The number of hydrogen-bond acceptors (Lipinski definition) is 4. The summed E-state index contributed by atoms with van der Waals surface area (Å²) >= 11 is 11.1. The van der Waals surface area contributed by atoms with E-state index in [1.807, 2.05) is 0 Å². The molecular formula is C12H10Cl2FN3O2. The van der Waals surface area contributed by atoms with E-state index in [2.05, 4.69) is 15.5 Å². The Labute approximate surface area is 124 Å². The number of nitrogens with one attached hydrogen (secondary N) is 1. The SMILES string of the molecule is Cc1nc(C(NC(=O)CCl)c2ccc(Cl)c(F)c2)no1. The molecule has 106 valence electrons. The molecule has 1 unspecified atom stereocenters. The second-order valence-electron chi connectivity index (χ2n) is 3.98. The molecule has 0 spiro atoms. The molecule has 0 aliphatic heterocycles. The Kier molecular flexibility index (Phi) is 4.57. The molecule has 8 heteroatoms. The van der Waals surface area contributed by atoms with Crippen molar-refractivity contribution in [2.24, 2.45) is 0 Å². The quantitative estimate of drug-likeness (QED) is 0.880. The average molecular weight is 318 g/mol. The number of carbonyl (C=O) groups is 1. The summed E-state index contributed by atoms with van der Waals surface area (Å²) in [6.07, 6.45) is 0. The van der Waals surface area contributed by atoms with Crippen LogP contribution < -0.4 is 5.32 Å². The second kappa shape index (κ2) is 6.19. The number of halogens is 3. The fourth-order valence-electron chi connectivity index (χ4n) is 1.62. The smallest absolute Gasteiger partial charge is 0.235 e. The van der Waals surface area contributed by atoms with E-state index < -0.39 is 17.8 Å². The van der Waals surface area contributed by atoms with E-state index in [4.69, 9.17) is 27.7 Å². The Morgan fingerprint density at radius 1 is 1.55 bits per heavy atom. The zero-order valence-corrected chi connectivity index (χ0v) is 11.9. The highest BCUT2D eigenvalue weighted by Gasteiger charge is 2.22. The summed E-state index contributed by atoms with van der Waals surface area (Å²) in [5, 5.41) is 6.31. The predicted octanol–water partition coefficient (Wildman–Crippen LogP) is 2.61. The van der Waals surface area contributed by atoms with Crippen LogP contribution in [-0.2, 0) is 4.79 Å². The lowest BCUT2D eigenvalue weighted by Crippen LogP contribution is -2.31. The Hall–Kier alpha value is -1.66. The second-order valence-corrected chi connectivity index (χ2v) is 4.65. The summed E-state index contributed by atoms with van der Waals surface area (Å²) < 4.78 is 18.4. The molecule has 0 aliphatic carbocycles. The zero-order chi connectivity index (χ0) is 14.7. The maximum absolute atomic E-state index is 13.5. The van der Waals surface area contributed by atoms with Crippen molar-refractivity contribution in [2.45, 2.75) is 13.0 Å². The van der Waals surface area contributed by atoms with Gasteiger partial charge in [-0.15, -0.1) is 11.6 Å². The van der Waals surface area contributed by atoms with Crippen LogP contribution in [0.2, 0.25) is 5.02 Å². The first-order valence-electron chi connectivity index (χ1n) is 5.61. The Bertz CT molecular complexity index is 633. The molecular weight excluding hydrogens is 308 g/mol. The number of alkyl halides is 1. The van der Waals surface area contributed by atoms with Gasteiger partial charge in [-0.3, -0.25) is 4.79 Å². The predicted molar refractivity (Wildman–Crippen MR) is 71.2 cm³/mol. The fourth-order valence-corrected chi connectivity index (χ4v) is 1.82. The minimum absolute atomic E-state index is 0.0135. The molecule has 1 amide bonds. The van der Waals surface area contributed by atoms with Crippen LogP contribution in [0, 0.1) is 12.7 Å². The maximum atomic E-state index is 13.5. The molecule has 1 atom stereocenters. The highest BCUT2D eigenvalue weighted by Crippen LogP contribution is 2.24. The van der Waals surface area contributed by atoms with Crippen LogP contribution in [0.4, 0.5) is 4.39 Å². The highest BCUT2D eigenvalue weighted by atomic mass is 35.5. The van der Waals surface area contributed by atoms with Crippen molar-refractivity contribution in [3.63, 3.8) is 0 Å². The van der Waals surface area contributed by atoms with Crippen molar-refractivity contribution in [1.82, 2.24) is 15.5 Å². The van der Waals surface area contributed by atoms with Crippen LogP contribution in [0.1, 0.15) is 23.3 Å². The average Bonchev–Trinajstić information content (AvgIpc) is 2.85. The van der Waals surface area contributed by atoms with Gasteiger partial charge >= 0.3 is 0 Å². The van der Waals surface area contributed by atoms with Gasteiger partial charge in [0, 0.05) is 6.92 Å². The molecule has 0 saturated carbocycles. The Morgan fingerprint density at radius 2 is 2.30 bits per heavy atom. The van der Waals surface area contributed by atoms with Crippen LogP contribution in [0.15, 0.2) is 22.7 Å². The Balaban J connectivity index is 2.39. The van der Waals surface area contributed by atoms with Crippen LogP contribution in [0.25, 0.3) is 0 Å². The maximum Gasteiger partial charge on any atom is 0.235 e. The molecule has 0 bridgehead atoms. The summed E-state index contributed by atoms with van der Waals surface area (Å²) in [5.74, 6) is -0.727. The fraction of sp³-hybridized carbons (Fsp3) is 0.250. The molecule has 0 saturated heterocycles. The van der Waals surface area contributed by atoms with Gasteiger partial charge in [0.05, 0.1) is 5.02 Å². The largest absolute Gasteiger partial charge is 0.341 e. The normalized spacial score (nSPS) is 12.2. The van der Waals surface area contributed by atoms with Crippen LogP contribution in [-0.4, -0.2) is 21.9 Å². The summed E-state index contributed by atoms with van der Waals surface area (Å²) in [6.45, 7) is 1.61. The first kappa shape index (κ1) is 14.7. The number of benzene rings is 1. The Morgan fingerprint density at radius 3 is 2.85 bits per heavy atom. The third kappa shape index (κ3) is 3.26. The zero-order valence-electron chi connectivity index (χ0n) is 10.4. The minimum Gasteiger partial charge on any atom is -0.341 e. The lowest BCUT2D eigenvalue weighted by Gasteiger charge is -2.15. The standard InChI is InChI=1S/C12H10Cl2FN3O2/c1-6-16-12(18-20-6)11(17-10(19)5-13)7-2-3-8(14)9(15)4-7/h2-4,11H,5H2,1H3,(H,17,19). The van der Waals surface area contributed by atoms with E-state index in [9.17, 15) is 9.18 Å². The molecule has 5 nitrogen and oxygen atoms in total. The molecule has 1 aromatic carbocycles. The van der Waals surface area contributed by atoms with Crippen molar-refractivity contribution in [2.75, 3.05) is 5.88 Å². The van der Waals surface area contributed by atoms with E-state index in [-0.39, 0.29) is 16.7 Å². The first-order chi connectivity index (χ1) is 9.51. The van der Waals surface area contributed by atoms with Gasteiger partial charge in [-0.25, -0.2) is 4.39 Å². The van der Waals surface area contributed by atoms with Crippen molar-refractivity contribution in [3.05, 3.63) is 46.3 Å². The number of nitrogens with zero attached hydrogens (tertiary/aromatic N) is 2. The summed E-state index contributed by atoms with van der Waals surface area (Å²) in [5.41, 5.74) is 0.436. The third-order valence-electron chi connectivity index (χ3n) is 2.51. The van der Waals surface area contributed by atoms with Crippen LogP contribution >= 0.6 is 23.2 Å². The van der Waals surface area contributed by atoms with Gasteiger partial charge in [0.25, 0.3) is 0 Å². The van der Waals surface area contributed by atoms with Gasteiger partial charge < -0.3 is 9.84 Å². The van der Waals surface area contributed by atoms with E-state index >= 15 is 0 Å². The van der Waals surface area contributed by atoms with Crippen molar-refractivity contribution in [1.29, 1.82) is 0 Å². The highest BCUT2D eigenvalue weighted by molar-refractivity contribution is 6.30. The van der Waals surface area contributed by atoms with Gasteiger partial charge in [-0.05, 0) is 17.7 Å². The van der Waals surface area contributed by atoms with Crippen LogP contribution in [0.3, 0.4) is 0 Å². The minimum atomic E-state index is -0.759. The van der Waals surface area contributed by atoms with E-state index in [1.54, 1.807) is 13.0 Å². The molecule has 0 radical (unpaired) electrons. The summed E-state index contributed by atoms with van der Waals surface area (Å²) in [7, 11) is 0. The molecule has 0 aliphatic rings. The molecule has 1 heterocycles. The topological polar surface area (TPSA) is 68.0 Å². The van der Waals surface area contributed by atoms with Gasteiger partial charge in [0.15, 0.2) is 5.82 Å². The molecule has 2 aromatic rings. The van der Waals surface area contributed by atoms with Gasteiger partial charge in [-0.2, -0.15) is 4.98 Å². The third-order valence-corrected chi connectivity index (χ3v) is 3.05. The molecule has 20 heavy (non-hydrogen) atoms. The molecule has 1 aromatic heterocycles. The van der Waals surface area contributed by atoms with Crippen molar-refractivity contribution in [3.8, 4) is 0 Å². The van der Waals surface area contributed by atoms with Gasteiger partial charge in [-0.1, -0.05) is 22.8 Å². The number of hydrogen-bond donors (Lipinski definition) is 1. The van der Waals surface area contributed by atoms with Crippen molar-refractivity contribution >= 4 is 29.1 Å². The molecule has 1 N–H and O–H groups in total. The summed E-state index contributed by atoms with van der Waals surface area (Å²) in [4.78, 5) is 15.5. The number of aryl methyl sites for hydroxylation is 1. The first-order valence-corrected chi connectivity index (χ1v) is 6.53. The number of rotatable bonds is 4. The van der Waals surface area contributed by atoms with Crippen LogP contribution in [0.5, 0.6) is 0 Å².